The van der Waals surface area contributed by atoms with Gasteiger partial charge in [0.25, 0.3) is 5.19 Å². The Morgan fingerprint density at radius 3 is 2.81 bits per heavy atom. The van der Waals surface area contributed by atoms with Gasteiger partial charge in [0.2, 0.25) is 0 Å². The van der Waals surface area contributed by atoms with Crippen LogP contribution in [-0.4, -0.2) is 40.6 Å². The Labute approximate surface area is 162 Å². The first-order chi connectivity index (χ1) is 13.2. The zero-order valence-corrected chi connectivity index (χ0v) is 15.8. The van der Waals surface area contributed by atoms with Crippen LogP contribution < -0.4 is 4.74 Å². The van der Waals surface area contributed by atoms with E-state index in [1.54, 1.807) is 0 Å². The number of nitrogens with zero attached hydrogens (tertiary/aromatic N) is 2. The molecular weight excluding hydrogens is 360 g/mol. The second kappa shape index (κ2) is 8.06. The van der Waals surface area contributed by atoms with Gasteiger partial charge in [-0.05, 0) is 55.6 Å². The lowest BCUT2D eigenvalue weighted by Crippen LogP contribution is -2.39. The van der Waals surface area contributed by atoms with Crippen molar-refractivity contribution in [3.05, 3.63) is 54.1 Å². The van der Waals surface area contributed by atoms with E-state index in [9.17, 15) is 9.90 Å². The molecule has 0 bridgehead atoms. The lowest BCUT2D eigenvalue weighted by molar-refractivity contribution is -0.143. The van der Waals surface area contributed by atoms with Gasteiger partial charge in [0, 0.05) is 13.1 Å². The molecule has 1 atom stereocenters. The number of thiazole rings is 1. The number of aromatic nitrogens is 1. The molecule has 2 aromatic carbocycles. The summed E-state index contributed by atoms with van der Waals surface area (Å²) in [7, 11) is 0. The number of rotatable bonds is 6. The SMILES string of the molecule is O=C(O)[C@@H]1CCCN(CCc2ccc(Oc3nc4ccccc4s3)cc2)C1. The van der Waals surface area contributed by atoms with E-state index in [0.29, 0.717) is 11.7 Å². The highest BCUT2D eigenvalue weighted by Gasteiger charge is 2.24. The smallest absolute Gasteiger partial charge is 0.307 e. The van der Waals surface area contributed by atoms with Gasteiger partial charge in [-0.3, -0.25) is 4.79 Å². The molecule has 1 N–H and O–H groups in total. The minimum absolute atomic E-state index is 0.219. The van der Waals surface area contributed by atoms with Crippen molar-refractivity contribution in [2.75, 3.05) is 19.6 Å². The molecular formula is C21H22N2O3S. The summed E-state index contributed by atoms with van der Waals surface area (Å²) in [5, 5.41) is 9.84. The molecule has 3 aromatic rings. The van der Waals surface area contributed by atoms with E-state index in [-0.39, 0.29) is 5.92 Å². The third kappa shape index (κ3) is 4.46. The number of carboxylic acid groups (broad SMARTS) is 1. The van der Waals surface area contributed by atoms with E-state index in [4.69, 9.17) is 4.74 Å². The number of carboxylic acids is 1. The average Bonchev–Trinajstić information content (AvgIpc) is 3.10. The van der Waals surface area contributed by atoms with Crippen molar-refractivity contribution >= 4 is 27.5 Å². The maximum Gasteiger partial charge on any atom is 0.307 e. The number of piperidine rings is 1. The minimum Gasteiger partial charge on any atom is -0.481 e. The van der Waals surface area contributed by atoms with Gasteiger partial charge in [0.05, 0.1) is 16.1 Å². The summed E-state index contributed by atoms with van der Waals surface area (Å²) in [6, 6.07) is 16.1. The van der Waals surface area contributed by atoms with Gasteiger partial charge in [0.15, 0.2) is 0 Å². The van der Waals surface area contributed by atoms with Gasteiger partial charge in [-0.1, -0.05) is 35.6 Å². The quantitative estimate of drug-likeness (QED) is 0.683. The standard InChI is InChI=1S/C21H22N2O3S/c24-20(25)16-4-3-12-23(14-16)13-11-15-7-9-17(10-8-15)26-21-22-18-5-1-2-6-19(18)27-21/h1-2,5-10,16H,3-4,11-14H2,(H,24,25)/t16-/m1/s1. The van der Waals surface area contributed by atoms with E-state index < -0.39 is 5.97 Å². The number of carbonyl (C=O) groups is 1. The first kappa shape index (κ1) is 17.9. The Morgan fingerprint density at radius 1 is 1.22 bits per heavy atom. The van der Waals surface area contributed by atoms with Gasteiger partial charge in [0.1, 0.15) is 5.75 Å². The van der Waals surface area contributed by atoms with Crippen molar-refractivity contribution < 1.29 is 14.6 Å². The minimum atomic E-state index is -0.670. The number of hydrogen-bond donors (Lipinski definition) is 1. The number of hydrogen-bond acceptors (Lipinski definition) is 5. The van der Waals surface area contributed by atoms with E-state index in [0.717, 1.165) is 48.3 Å². The zero-order chi connectivity index (χ0) is 18.6. The third-order valence-electron chi connectivity index (χ3n) is 4.97. The zero-order valence-electron chi connectivity index (χ0n) is 15.0. The maximum atomic E-state index is 11.2. The van der Waals surface area contributed by atoms with Gasteiger partial charge in [-0.25, -0.2) is 4.98 Å². The van der Waals surface area contributed by atoms with Crippen molar-refractivity contribution in [3.8, 4) is 10.9 Å². The molecule has 6 heteroatoms. The molecule has 140 valence electrons. The van der Waals surface area contributed by atoms with Gasteiger partial charge < -0.3 is 14.7 Å². The molecule has 0 saturated carbocycles. The number of aliphatic carboxylic acids is 1. The summed E-state index contributed by atoms with van der Waals surface area (Å²) in [4.78, 5) is 17.9. The van der Waals surface area contributed by atoms with E-state index in [2.05, 4.69) is 22.0 Å². The number of ether oxygens (including phenoxy) is 1. The summed E-state index contributed by atoms with van der Waals surface area (Å²) in [6.07, 6.45) is 2.67. The van der Waals surface area contributed by atoms with E-state index >= 15 is 0 Å². The van der Waals surface area contributed by atoms with Crippen LogP contribution in [0.25, 0.3) is 10.2 Å². The molecule has 0 unspecified atom stereocenters. The fraction of sp³-hybridized carbons (Fsp3) is 0.333. The van der Waals surface area contributed by atoms with Crippen LogP contribution in [0.2, 0.25) is 0 Å². The van der Waals surface area contributed by atoms with Crippen LogP contribution in [0.5, 0.6) is 10.9 Å². The molecule has 0 aliphatic carbocycles. The number of para-hydroxylation sites is 1. The molecule has 4 rings (SSSR count). The molecule has 1 saturated heterocycles. The van der Waals surface area contributed by atoms with Crippen molar-refractivity contribution in [3.63, 3.8) is 0 Å². The predicted molar refractivity (Wildman–Crippen MR) is 107 cm³/mol. The summed E-state index contributed by atoms with van der Waals surface area (Å²) in [5.74, 6) is -0.110. The van der Waals surface area contributed by atoms with Crippen molar-refractivity contribution in [2.45, 2.75) is 19.3 Å². The van der Waals surface area contributed by atoms with Crippen LogP contribution in [0.15, 0.2) is 48.5 Å². The van der Waals surface area contributed by atoms with Crippen LogP contribution in [0.4, 0.5) is 0 Å². The molecule has 0 amide bonds. The molecule has 1 aliphatic heterocycles. The van der Waals surface area contributed by atoms with E-state index in [1.165, 1.54) is 16.9 Å². The fourth-order valence-electron chi connectivity index (χ4n) is 3.47. The summed E-state index contributed by atoms with van der Waals surface area (Å²) < 4.78 is 7.00. The van der Waals surface area contributed by atoms with Gasteiger partial charge in [-0.2, -0.15) is 0 Å². The fourth-order valence-corrected chi connectivity index (χ4v) is 4.30. The van der Waals surface area contributed by atoms with Crippen molar-refractivity contribution in [1.29, 1.82) is 0 Å². The summed E-state index contributed by atoms with van der Waals surface area (Å²) >= 11 is 1.54. The summed E-state index contributed by atoms with van der Waals surface area (Å²) in [5.41, 5.74) is 2.18. The summed E-state index contributed by atoms with van der Waals surface area (Å²) in [6.45, 7) is 2.54. The largest absolute Gasteiger partial charge is 0.481 e. The number of likely N-dealkylation sites (tertiary alicyclic amines) is 1. The number of benzene rings is 2. The molecule has 1 aliphatic rings. The van der Waals surface area contributed by atoms with Crippen LogP contribution in [-0.2, 0) is 11.2 Å². The topological polar surface area (TPSA) is 62.7 Å². The van der Waals surface area contributed by atoms with Gasteiger partial charge in [-0.15, -0.1) is 0 Å². The lowest BCUT2D eigenvalue weighted by Gasteiger charge is -2.30. The van der Waals surface area contributed by atoms with Crippen LogP contribution >= 0.6 is 11.3 Å². The normalized spacial score (nSPS) is 17.9. The molecule has 27 heavy (non-hydrogen) atoms. The average molecular weight is 382 g/mol. The Kier molecular flexibility index (Phi) is 5.36. The molecule has 5 nitrogen and oxygen atoms in total. The molecule has 1 aromatic heterocycles. The van der Waals surface area contributed by atoms with E-state index in [1.807, 2.05) is 36.4 Å². The monoisotopic (exact) mass is 382 g/mol. The Morgan fingerprint density at radius 2 is 2.04 bits per heavy atom. The Bertz CT molecular complexity index is 890. The lowest BCUT2D eigenvalue weighted by atomic mass is 9.98. The van der Waals surface area contributed by atoms with Crippen molar-refractivity contribution in [2.24, 2.45) is 5.92 Å². The second-order valence-corrected chi connectivity index (χ2v) is 7.91. The van der Waals surface area contributed by atoms with Gasteiger partial charge >= 0.3 is 5.97 Å². The second-order valence-electron chi connectivity index (χ2n) is 6.92. The molecule has 0 spiro atoms. The number of fused-ring (bicyclic) bond motifs is 1. The van der Waals surface area contributed by atoms with Crippen LogP contribution in [0.3, 0.4) is 0 Å². The highest BCUT2D eigenvalue weighted by atomic mass is 32.1. The highest BCUT2D eigenvalue weighted by molar-refractivity contribution is 7.20. The molecule has 2 heterocycles. The Hall–Kier alpha value is -2.44. The van der Waals surface area contributed by atoms with Crippen LogP contribution in [0, 0.1) is 5.92 Å². The maximum absolute atomic E-state index is 11.2. The molecule has 0 radical (unpaired) electrons. The highest BCUT2D eigenvalue weighted by Crippen LogP contribution is 2.31. The first-order valence-corrected chi connectivity index (χ1v) is 10.1. The van der Waals surface area contributed by atoms with Crippen molar-refractivity contribution in [1.82, 2.24) is 9.88 Å². The first-order valence-electron chi connectivity index (χ1n) is 9.25. The third-order valence-corrected chi connectivity index (χ3v) is 5.89. The Balaban J connectivity index is 1.32. The molecule has 1 fully saturated rings. The van der Waals surface area contributed by atoms with Crippen LogP contribution in [0.1, 0.15) is 18.4 Å². The predicted octanol–water partition coefficient (Wildman–Crippen LogP) is 4.43.